The smallest absolute Gasteiger partial charge is 0.120 e. The van der Waals surface area contributed by atoms with Crippen LogP contribution in [0.5, 0.6) is 0 Å². The van der Waals surface area contributed by atoms with Crippen molar-refractivity contribution in [3.05, 3.63) is 107 Å². The topological polar surface area (TPSA) is 43.7 Å². The Kier molecular flexibility index (Phi) is 8.04. The molecular weight excluding hydrogens is 442 g/mol. The van der Waals surface area contributed by atoms with Gasteiger partial charge in [-0.3, -0.25) is 0 Å². The highest BCUT2D eigenvalue weighted by molar-refractivity contribution is 5.39. The van der Waals surface area contributed by atoms with Crippen LogP contribution in [0.4, 0.5) is 0 Å². The van der Waals surface area contributed by atoms with Gasteiger partial charge in [0.25, 0.3) is 0 Å². The van der Waals surface area contributed by atoms with Crippen LogP contribution in [0.25, 0.3) is 0 Å². The molecule has 1 aliphatic heterocycles. The molecule has 3 aromatic carbocycles. The molecule has 3 nitrogen and oxygen atoms in total. The summed E-state index contributed by atoms with van der Waals surface area (Å²) in [4.78, 5) is 2.49. The zero-order valence-corrected chi connectivity index (χ0v) is 22.5. The van der Waals surface area contributed by atoms with Crippen LogP contribution in [0.1, 0.15) is 81.7 Å². The second-order valence-corrected chi connectivity index (χ2v) is 11.9. The van der Waals surface area contributed by atoms with E-state index in [0.29, 0.717) is 0 Å². The summed E-state index contributed by atoms with van der Waals surface area (Å²) in [6, 6.07) is 28.7. The lowest BCUT2D eigenvalue weighted by Gasteiger charge is -2.50. The molecule has 0 aromatic heterocycles. The summed E-state index contributed by atoms with van der Waals surface area (Å²) >= 11 is 0. The van der Waals surface area contributed by atoms with E-state index in [-0.39, 0.29) is 10.8 Å². The van der Waals surface area contributed by atoms with Crippen molar-refractivity contribution in [2.75, 3.05) is 19.6 Å². The summed E-state index contributed by atoms with van der Waals surface area (Å²) in [6.07, 6.45) is 3.14. The number of aliphatic hydroxyl groups excluding tert-OH is 1. The standard InChI is InChI=1S/C33H43NO2/c1-31(2,3)27-19-17-26(18-20-27)30(35)16-11-23-34-24-21-32(4,22-25-34)33(36,28-12-7-5-8-13-28)29-14-9-6-10-15-29/h5-10,12-15,17-20,30,35-36H,11,16,21-25H2,1-4H3. The number of likely N-dealkylation sites (tertiary alicyclic amines) is 1. The lowest BCUT2D eigenvalue weighted by atomic mass is 9.61. The Balaban J connectivity index is 1.36. The van der Waals surface area contributed by atoms with Crippen molar-refractivity contribution in [3.63, 3.8) is 0 Å². The largest absolute Gasteiger partial charge is 0.388 e. The first-order valence-electron chi connectivity index (χ1n) is 13.5. The average Bonchev–Trinajstić information content (AvgIpc) is 2.90. The predicted molar refractivity (Wildman–Crippen MR) is 149 cm³/mol. The number of nitrogens with zero attached hydrogens (tertiary/aromatic N) is 1. The molecule has 2 N–H and O–H groups in total. The summed E-state index contributed by atoms with van der Waals surface area (Å²) in [7, 11) is 0. The monoisotopic (exact) mass is 485 g/mol. The average molecular weight is 486 g/mol. The van der Waals surface area contributed by atoms with Crippen molar-refractivity contribution in [1.29, 1.82) is 0 Å². The van der Waals surface area contributed by atoms with Crippen molar-refractivity contribution in [2.45, 2.75) is 70.5 Å². The first-order valence-corrected chi connectivity index (χ1v) is 13.5. The quantitative estimate of drug-likeness (QED) is 0.367. The second-order valence-electron chi connectivity index (χ2n) is 11.9. The van der Waals surface area contributed by atoms with Crippen LogP contribution in [-0.2, 0) is 11.0 Å². The van der Waals surface area contributed by atoms with Crippen molar-refractivity contribution in [3.8, 4) is 0 Å². The molecule has 0 radical (unpaired) electrons. The number of aliphatic hydroxyl groups is 2. The van der Waals surface area contributed by atoms with Gasteiger partial charge in [0.1, 0.15) is 5.60 Å². The predicted octanol–water partition coefficient (Wildman–Crippen LogP) is 6.84. The Morgan fingerprint density at radius 2 is 1.28 bits per heavy atom. The summed E-state index contributed by atoms with van der Waals surface area (Å²) in [6.45, 7) is 11.8. The van der Waals surface area contributed by atoms with Crippen LogP contribution < -0.4 is 0 Å². The number of benzene rings is 3. The maximum atomic E-state index is 12.3. The maximum Gasteiger partial charge on any atom is 0.120 e. The first kappa shape index (κ1) is 26.6. The molecule has 0 amide bonds. The highest BCUT2D eigenvalue weighted by atomic mass is 16.3. The normalized spacial score (nSPS) is 17.6. The van der Waals surface area contributed by atoms with Crippen molar-refractivity contribution in [1.82, 2.24) is 4.90 Å². The molecule has 0 spiro atoms. The van der Waals surface area contributed by atoms with Gasteiger partial charge < -0.3 is 15.1 Å². The third-order valence-corrected chi connectivity index (χ3v) is 8.33. The Labute approximate surface area is 217 Å². The third kappa shape index (κ3) is 5.59. The summed E-state index contributed by atoms with van der Waals surface area (Å²) in [5, 5.41) is 23.1. The van der Waals surface area contributed by atoms with Crippen LogP contribution in [0.2, 0.25) is 0 Å². The van der Waals surface area contributed by atoms with Crippen LogP contribution in [-0.4, -0.2) is 34.7 Å². The molecule has 3 aromatic rings. The summed E-state index contributed by atoms with van der Waals surface area (Å²) in [5.74, 6) is 0. The van der Waals surface area contributed by atoms with E-state index >= 15 is 0 Å². The van der Waals surface area contributed by atoms with Gasteiger partial charge in [-0.25, -0.2) is 0 Å². The van der Waals surface area contributed by atoms with E-state index in [1.165, 1.54) is 5.56 Å². The number of rotatable bonds is 8. The van der Waals surface area contributed by atoms with Gasteiger partial charge in [-0.2, -0.15) is 0 Å². The van der Waals surface area contributed by atoms with Gasteiger partial charge in [-0.1, -0.05) is 113 Å². The van der Waals surface area contributed by atoms with E-state index in [1.807, 2.05) is 36.4 Å². The molecule has 36 heavy (non-hydrogen) atoms. The highest BCUT2D eigenvalue weighted by Crippen LogP contribution is 2.51. The molecule has 4 rings (SSSR count). The fraction of sp³-hybridized carbons (Fsp3) is 0.455. The summed E-state index contributed by atoms with van der Waals surface area (Å²) in [5.41, 5.74) is 3.06. The molecule has 0 aliphatic carbocycles. The Hall–Kier alpha value is -2.46. The van der Waals surface area contributed by atoms with Crippen molar-refractivity contribution >= 4 is 0 Å². The molecule has 0 saturated carbocycles. The molecule has 1 unspecified atom stereocenters. The van der Waals surface area contributed by atoms with Gasteiger partial charge in [0.15, 0.2) is 0 Å². The van der Waals surface area contributed by atoms with E-state index in [1.54, 1.807) is 0 Å². The molecule has 1 aliphatic rings. The number of piperidine rings is 1. The maximum absolute atomic E-state index is 12.3. The lowest BCUT2D eigenvalue weighted by Crippen LogP contribution is -2.51. The Morgan fingerprint density at radius 3 is 1.75 bits per heavy atom. The molecule has 192 valence electrons. The molecule has 1 heterocycles. The van der Waals surface area contributed by atoms with Crippen molar-refractivity contribution < 1.29 is 10.2 Å². The molecule has 1 saturated heterocycles. The SMILES string of the molecule is CC(C)(C)c1ccc(C(O)CCCN2CCC(C)(C(O)(c3ccccc3)c3ccccc3)CC2)cc1. The number of hydrogen-bond acceptors (Lipinski definition) is 3. The molecule has 1 atom stereocenters. The minimum atomic E-state index is -1.03. The fourth-order valence-corrected chi connectivity index (χ4v) is 5.73. The molecular formula is C33H43NO2. The first-order chi connectivity index (χ1) is 17.1. The molecule has 1 fully saturated rings. The van der Waals surface area contributed by atoms with Crippen LogP contribution >= 0.6 is 0 Å². The van der Waals surface area contributed by atoms with Gasteiger partial charge in [0.2, 0.25) is 0 Å². The van der Waals surface area contributed by atoms with E-state index in [9.17, 15) is 10.2 Å². The van der Waals surface area contributed by atoms with E-state index in [2.05, 4.69) is 81.1 Å². The fourth-order valence-electron chi connectivity index (χ4n) is 5.73. The highest BCUT2D eigenvalue weighted by Gasteiger charge is 2.50. The van der Waals surface area contributed by atoms with E-state index < -0.39 is 11.7 Å². The zero-order chi connectivity index (χ0) is 25.8. The van der Waals surface area contributed by atoms with Crippen LogP contribution in [0.15, 0.2) is 84.9 Å². The van der Waals surface area contributed by atoms with Gasteiger partial charge in [-0.15, -0.1) is 0 Å². The summed E-state index contributed by atoms with van der Waals surface area (Å²) < 4.78 is 0. The molecule has 0 bridgehead atoms. The van der Waals surface area contributed by atoms with Gasteiger partial charge in [-0.05, 0) is 73.0 Å². The van der Waals surface area contributed by atoms with Gasteiger partial charge in [0, 0.05) is 5.41 Å². The molecule has 3 heteroatoms. The number of hydrogen-bond donors (Lipinski definition) is 2. The van der Waals surface area contributed by atoms with E-state index in [4.69, 9.17) is 0 Å². The Morgan fingerprint density at radius 1 is 0.778 bits per heavy atom. The Bertz CT molecular complexity index is 1040. The van der Waals surface area contributed by atoms with Gasteiger partial charge in [0.05, 0.1) is 6.10 Å². The van der Waals surface area contributed by atoms with E-state index in [0.717, 1.165) is 62.0 Å². The van der Waals surface area contributed by atoms with Crippen LogP contribution in [0, 0.1) is 5.41 Å². The minimum absolute atomic E-state index is 0.124. The lowest BCUT2D eigenvalue weighted by molar-refractivity contribution is -0.0803. The minimum Gasteiger partial charge on any atom is -0.388 e. The third-order valence-electron chi connectivity index (χ3n) is 8.33. The second kappa shape index (κ2) is 10.9. The van der Waals surface area contributed by atoms with Crippen LogP contribution in [0.3, 0.4) is 0 Å². The van der Waals surface area contributed by atoms with Crippen molar-refractivity contribution in [2.24, 2.45) is 5.41 Å². The van der Waals surface area contributed by atoms with Gasteiger partial charge >= 0.3 is 0 Å². The zero-order valence-electron chi connectivity index (χ0n) is 22.5.